The van der Waals surface area contributed by atoms with E-state index < -0.39 is 0 Å². The zero-order chi connectivity index (χ0) is 14.4. The van der Waals surface area contributed by atoms with Crippen molar-refractivity contribution in [3.05, 3.63) is 64.4 Å². The van der Waals surface area contributed by atoms with E-state index in [-0.39, 0.29) is 5.92 Å². The number of nitrogens with two attached hydrogens (primary N) is 1. The summed E-state index contributed by atoms with van der Waals surface area (Å²) in [5, 5.41) is 4.65. The number of hydrogen-bond donors (Lipinski definition) is 1. The van der Waals surface area contributed by atoms with Gasteiger partial charge in [-0.05, 0) is 35.7 Å². The standard InChI is InChI=1S/C16H12ClN3O/c17-14-6-5-10(18)8-13(14)16-19-15(20-21-16)12-7-9-3-1-2-4-11(9)12/h1-6,8,12H,7,18H2. The first-order chi connectivity index (χ1) is 10.2. The molecular weight excluding hydrogens is 286 g/mol. The van der Waals surface area contributed by atoms with Gasteiger partial charge in [0.15, 0.2) is 5.82 Å². The highest BCUT2D eigenvalue weighted by molar-refractivity contribution is 6.33. The first kappa shape index (κ1) is 12.4. The molecule has 0 radical (unpaired) electrons. The molecule has 3 aromatic rings. The van der Waals surface area contributed by atoms with Crippen LogP contribution < -0.4 is 5.73 Å². The molecule has 2 aromatic carbocycles. The van der Waals surface area contributed by atoms with Crippen LogP contribution in [0.1, 0.15) is 22.9 Å². The Morgan fingerprint density at radius 3 is 2.90 bits per heavy atom. The molecule has 1 aliphatic rings. The predicted molar refractivity (Wildman–Crippen MR) is 81.1 cm³/mol. The van der Waals surface area contributed by atoms with E-state index in [2.05, 4.69) is 22.3 Å². The van der Waals surface area contributed by atoms with Gasteiger partial charge in [0.05, 0.1) is 16.5 Å². The van der Waals surface area contributed by atoms with Crippen molar-refractivity contribution in [1.82, 2.24) is 10.1 Å². The summed E-state index contributed by atoms with van der Waals surface area (Å²) in [6.45, 7) is 0. The monoisotopic (exact) mass is 297 g/mol. The van der Waals surface area contributed by atoms with E-state index in [0.29, 0.717) is 28.0 Å². The van der Waals surface area contributed by atoms with Crippen LogP contribution in [0.15, 0.2) is 47.0 Å². The maximum atomic E-state index is 6.17. The lowest BCUT2D eigenvalue weighted by Crippen LogP contribution is -2.19. The normalized spacial score (nSPS) is 16.3. The highest BCUT2D eigenvalue weighted by atomic mass is 35.5. The molecule has 104 valence electrons. The summed E-state index contributed by atoms with van der Waals surface area (Å²) in [4.78, 5) is 4.49. The van der Waals surface area contributed by atoms with Crippen molar-refractivity contribution in [3.8, 4) is 11.5 Å². The number of benzene rings is 2. The minimum atomic E-state index is 0.207. The molecule has 1 atom stereocenters. The summed E-state index contributed by atoms with van der Waals surface area (Å²) < 4.78 is 5.36. The molecule has 0 spiro atoms. The van der Waals surface area contributed by atoms with E-state index >= 15 is 0 Å². The number of nitrogen functional groups attached to an aromatic ring is 1. The molecule has 0 aliphatic heterocycles. The molecule has 4 nitrogen and oxygen atoms in total. The van der Waals surface area contributed by atoms with Crippen LogP contribution in [-0.4, -0.2) is 10.1 Å². The minimum absolute atomic E-state index is 0.207. The van der Waals surface area contributed by atoms with Crippen LogP contribution in [0.25, 0.3) is 11.5 Å². The summed E-state index contributed by atoms with van der Waals surface area (Å²) in [5.74, 6) is 1.31. The van der Waals surface area contributed by atoms with E-state index in [4.69, 9.17) is 21.9 Å². The van der Waals surface area contributed by atoms with Crippen LogP contribution in [0, 0.1) is 0 Å². The Balaban J connectivity index is 1.70. The third-order valence-corrected chi connectivity index (χ3v) is 4.16. The fraction of sp³-hybridized carbons (Fsp3) is 0.125. The molecule has 2 N–H and O–H groups in total. The Morgan fingerprint density at radius 1 is 1.19 bits per heavy atom. The molecule has 1 aliphatic carbocycles. The van der Waals surface area contributed by atoms with Gasteiger partial charge in [0, 0.05) is 5.69 Å². The number of rotatable bonds is 2. The molecule has 0 saturated carbocycles. The smallest absolute Gasteiger partial charge is 0.259 e. The zero-order valence-corrected chi connectivity index (χ0v) is 11.8. The molecule has 21 heavy (non-hydrogen) atoms. The van der Waals surface area contributed by atoms with Gasteiger partial charge < -0.3 is 10.3 Å². The average molecular weight is 298 g/mol. The van der Waals surface area contributed by atoms with Crippen molar-refractivity contribution in [1.29, 1.82) is 0 Å². The van der Waals surface area contributed by atoms with E-state index in [1.165, 1.54) is 11.1 Å². The maximum absolute atomic E-state index is 6.17. The number of aromatic nitrogens is 2. The topological polar surface area (TPSA) is 64.9 Å². The lowest BCUT2D eigenvalue weighted by Gasteiger charge is -2.27. The first-order valence-electron chi connectivity index (χ1n) is 6.69. The largest absolute Gasteiger partial charge is 0.399 e. The van der Waals surface area contributed by atoms with Crippen LogP contribution in [0.2, 0.25) is 5.02 Å². The van der Waals surface area contributed by atoms with Crippen molar-refractivity contribution in [2.24, 2.45) is 0 Å². The van der Waals surface area contributed by atoms with Gasteiger partial charge in [-0.25, -0.2) is 0 Å². The van der Waals surface area contributed by atoms with Crippen LogP contribution in [0.5, 0.6) is 0 Å². The van der Waals surface area contributed by atoms with Gasteiger partial charge in [-0.2, -0.15) is 4.98 Å². The molecule has 4 rings (SSSR count). The third kappa shape index (κ3) is 1.99. The molecule has 1 heterocycles. The van der Waals surface area contributed by atoms with Crippen molar-refractivity contribution >= 4 is 17.3 Å². The second kappa shape index (κ2) is 4.60. The molecule has 1 unspecified atom stereocenters. The van der Waals surface area contributed by atoms with Gasteiger partial charge in [-0.1, -0.05) is 41.0 Å². The second-order valence-electron chi connectivity index (χ2n) is 5.15. The van der Waals surface area contributed by atoms with Gasteiger partial charge in [0.25, 0.3) is 5.89 Å². The first-order valence-corrected chi connectivity index (χ1v) is 7.07. The lowest BCUT2D eigenvalue weighted by atomic mass is 9.77. The Hall–Kier alpha value is -2.33. The summed E-state index contributed by atoms with van der Waals surface area (Å²) in [7, 11) is 0. The summed E-state index contributed by atoms with van der Waals surface area (Å²) in [5.41, 5.74) is 9.68. The Labute approximate surface area is 126 Å². The summed E-state index contributed by atoms with van der Waals surface area (Å²) in [6.07, 6.45) is 0.944. The van der Waals surface area contributed by atoms with Crippen LogP contribution in [0.4, 0.5) is 5.69 Å². The van der Waals surface area contributed by atoms with Gasteiger partial charge in [0.1, 0.15) is 0 Å². The minimum Gasteiger partial charge on any atom is -0.399 e. The van der Waals surface area contributed by atoms with Gasteiger partial charge in [-0.3, -0.25) is 0 Å². The van der Waals surface area contributed by atoms with Crippen molar-refractivity contribution in [2.75, 3.05) is 5.73 Å². The highest BCUT2D eigenvalue weighted by Gasteiger charge is 2.31. The predicted octanol–water partition coefficient (Wildman–Crippen LogP) is 3.66. The van der Waals surface area contributed by atoms with Crippen LogP contribution in [-0.2, 0) is 6.42 Å². The van der Waals surface area contributed by atoms with Crippen molar-refractivity contribution < 1.29 is 4.52 Å². The summed E-state index contributed by atoms with van der Waals surface area (Å²) in [6, 6.07) is 13.5. The number of halogens is 1. The molecule has 0 saturated heterocycles. The van der Waals surface area contributed by atoms with E-state index in [0.717, 1.165) is 6.42 Å². The number of nitrogens with zero attached hydrogens (tertiary/aromatic N) is 2. The van der Waals surface area contributed by atoms with Gasteiger partial charge >= 0.3 is 0 Å². The molecule has 1 aromatic heterocycles. The Kier molecular flexibility index (Phi) is 2.72. The summed E-state index contributed by atoms with van der Waals surface area (Å²) >= 11 is 6.17. The molecule has 0 bridgehead atoms. The lowest BCUT2D eigenvalue weighted by molar-refractivity contribution is 0.416. The van der Waals surface area contributed by atoms with E-state index in [1.807, 2.05) is 12.1 Å². The average Bonchev–Trinajstić information content (AvgIpc) is 2.92. The quantitative estimate of drug-likeness (QED) is 0.733. The maximum Gasteiger partial charge on any atom is 0.259 e. The van der Waals surface area contributed by atoms with Crippen LogP contribution >= 0.6 is 11.6 Å². The fourth-order valence-electron chi connectivity index (χ4n) is 2.68. The molecule has 5 heteroatoms. The number of hydrogen-bond acceptors (Lipinski definition) is 4. The fourth-order valence-corrected chi connectivity index (χ4v) is 2.88. The van der Waals surface area contributed by atoms with Crippen molar-refractivity contribution in [2.45, 2.75) is 12.3 Å². The Bertz CT molecular complexity index is 828. The second-order valence-corrected chi connectivity index (χ2v) is 5.56. The number of fused-ring (bicyclic) bond motifs is 1. The molecule has 0 amide bonds. The number of anilines is 1. The molecule has 0 fully saturated rings. The van der Waals surface area contributed by atoms with E-state index in [1.54, 1.807) is 18.2 Å². The van der Waals surface area contributed by atoms with Gasteiger partial charge in [-0.15, -0.1) is 0 Å². The third-order valence-electron chi connectivity index (χ3n) is 3.83. The van der Waals surface area contributed by atoms with Crippen LogP contribution in [0.3, 0.4) is 0 Å². The zero-order valence-electron chi connectivity index (χ0n) is 11.1. The van der Waals surface area contributed by atoms with Gasteiger partial charge in [0.2, 0.25) is 0 Å². The van der Waals surface area contributed by atoms with E-state index in [9.17, 15) is 0 Å². The SMILES string of the molecule is Nc1ccc(Cl)c(-c2nc(C3Cc4ccccc43)no2)c1. The highest BCUT2D eigenvalue weighted by Crippen LogP contribution is 2.39. The molecular formula is C16H12ClN3O. The van der Waals surface area contributed by atoms with Crippen molar-refractivity contribution in [3.63, 3.8) is 0 Å². The Morgan fingerprint density at radius 2 is 2.05 bits per heavy atom.